The molecule has 6 nitrogen and oxygen atoms in total. The number of ether oxygens (including phenoxy) is 2. The maximum absolute atomic E-state index is 13.9. The van der Waals surface area contributed by atoms with E-state index in [0.717, 1.165) is 15.7 Å². The lowest BCUT2D eigenvalue weighted by atomic mass is 9.78. The average molecular weight is 573 g/mol. The van der Waals surface area contributed by atoms with Crippen LogP contribution in [-0.2, 0) is 4.79 Å². The molecule has 2 bridgehead atoms. The molecule has 0 unspecified atom stereocenters. The molecule has 1 fully saturated rings. The van der Waals surface area contributed by atoms with Gasteiger partial charge in [-0.2, -0.15) is 0 Å². The van der Waals surface area contributed by atoms with Gasteiger partial charge in [-0.1, -0.05) is 39.7 Å². The zero-order valence-electron chi connectivity index (χ0n) is 19.0. The molecule has 2 heterocycles. The number of fused-ring (bicyclic) bond motifs is 4. The number of amides is 1. The van der Waals surface area contributed by atoms with Crippen LogP contribution in [0.3, 0.4) is 0 Å². The molecule has 1 amide bonds. The number of hydrogen-bond donors (Lipinski definition) is 2. The number of rotatable bonds is 5. The molecule has 0 aliphatic carbocycles. The average Bonchev–Trinajstić information content (AvgIpc) is 2.82. The summed E-state index contributed by atoms with van der Waals surface area (Å²) in [6.07, 6.45) is 0. The van der Waals surface area contributed by atoms with Gasteiger partial charge in [-0.15, -0.1) is 0 Å². The second-order valence-electron chi connectivity index (χ2n) is 8.48. The molecule has 0 spiro atoms. The molecule has 35 heavy (non-hydrogen) atoms. The van der Waals surface area contributed by atoms with Crippen molar-refractivity contribution in [2.24, 2.45) is 5.92 Å². The smallest absolute Gasteiger partial charge is 0.236 e. The van der Waals surface area contributed by atoms with E-state index in [0.29, 0.717) is 33.9 Å². The van der Waals surface area contributed by atoms with Gasteiger partial charge in [0, 0.05) is 26.4 Å². The largest absolute Gasteiger partial charge is 0.490 e. The topological polar surface area (TPSA) is 62.8 Å². The fourth-order valence-corrected chi connectivity index (χ4v) is 5.58. The highest BCUT2D eigenvalue weighted by Crippen LogP contribution is 2.52. The molecule has 1 saturated heterocycles. The van der Waals surface area contributed by atoms with Crippen molar-refractivity contribution >= 4 is 62.1 Å². The predicted octanol–water partition coefficient (Wildman–Crippen LogP) is 6.30. The van der Waals surface area contributed by atoms with Gasteiger partial charge in [-0.3, -0.25) is 9.69 Å². The lowest BCUT2D eigenvalue weighted by Gasteiger charge is -2.56. The van der Waals surface area contributed by atoms with Gasteiger partial charge >= 0.3 is 0 Å². The number of hydrogen-bond acceptors (Lipinski definition) is 4. The molecule has 0 saturated carbocycles. The van der Waals surface area contributed by atoms with E-state index >= 15 is 0 Å². The third kappa shape index (κ3) is 4.24. The first-order chi connectivity index (χ1) is 16.8. The third-order valence-corrected chi connectivity index (χ3v) is 7.35. The molecule has 2 aliphatic heterocycles. The van der Waals surface area contributed by atoms with E-state index in [-0.39, 0.29) is 5.91 Å². The van der Waals surface area contributed by atoms with Crippen molar-refractivity contribution < 1.29 is 14.3 Å². The third-order valence-electron chi connectivity index (χ3n) is 6.27. The van der Waals surface area contributed by atoms with E-state index in [1.165, 1.54) is 0 Å². The Balaban J connectivity index is 1.63. The summed E-state index contributed by atoms with van der Waals surface area (Å²) >= 11 is 15.3. The van der Waals surface area contributed by atoms with Crippen LogP contribution in [0.25, 0.3) is 0 Å². The van der Waals surface area contributed by atoms with Crippen molar-refractivity contribution in [2.75, 3.05) is 16.8 Å². The molecule has 3 aromatic rings. The SMILES string of the molecule is CCOc1cccc2c1O[C@@]1(C)[C@H](C(=O)Nc3ccc(Cl)cc3)[C@@H]2NC(=S)N1c1ccc(Br)cc1. The van der Waals surface area contributed by atoms with Crippen LogP contribution in [-0.4, -0.2) is 23.4 Å². The van der Waals surface area contributed by atoms with Gasteiger partial charge in [-0.25, -0.2) is 0 Å². The first-order valence-electron chi connectivity index (χ1n) is 11.2. The van der Waals surface area contributed by atoms with Gasteiger partial charge in [0.2, 0.25) is 5.91 Å². The van der Waals surface area contributed by atoms with Crippen LogP contribution in [0.5, 0.6) is 11.5 Å². The van der Waals surface area contributed by atoms with Crippen LogP contribution in [0.4, 0.5) is 11.4 Å². The van der Waals surface area contributed by atoms with Crippen molar-refractivity contribution in [3.05, 3.63) is 81.8 Å². The summed E-state index contributed by atoms with van der Waals surface area (Å²) in [4.78, 5) is 15.7. The zero-order valence-corrected chi connectivity index (χ0v) is 22.2. The maximum atomic E-state index is 13.9. The number of para-hydroxylation sites is 1. The number of halogens is 2. The standard InChI is InChI=1S/C26H23BrClN3O3S/c1-3-33-20-6-4-5-19-22-21(24(32)29-17-11-9-16(28)10-12-17)26(2,34-23(19)20)31(25(35)30-22)18-13-7-15(27)8-14-18/h4-14,21-22H,3H2,1-2H3,(H,29,32)(H,30,35)/t21-,22+,26-/m0/s1. The van der Waals surface area contributed by atoms with Crippen LogP contribution in [0, 0.1) is 5.92 Å². The summed E-state index contributed by atoms with van der Waals surface area (Å²) < 4.78 is 13.5. The summed E-state index contributed by atoms with van der Waals surface area (Å²) in [6, 6.07) is 20.0. The normalized spacial score (nSPS) is 22.5. The summed E-state index contributed by atoms with van der Waals surface area (Å²) in [5.41, 5.74) is 1.13. The van der Waals surface area contributed by atoms with Crippen molar-refractivity contribution in [2.45, 2.75) is 25.6 Å². The molecule has 180 valence electrons. The van der Waals surface area contributed by atoms with E-state index < -0.39 is 17.7 Å². The van der Waals surface area contributed by atoms with E-state index in [2.05, 4.69) is 26.6 Å². The fraction of sp³-hybridized carbons (Fsp3) is 0.231. The lowest BCUT2D eigenvalue weighted by molar-refractivity contribution is -0.130. The molecule has 2 aliphatic rings. The first kappa shape index (κ1) is 23.9. The van der Waals surface area contributed by atoms with Crippen LogP contribution in [0.1, 0.15) is 25.5 Å². The number of anilines is 2. The monoisotopic (exact) mass is 571 g/mol. The summed E-state index contributed by atoms with van der Waals surface area (Å²) in [7, 11) is 0. The van der Waals surface area contributed by atoms with Crippen molar-refractivity contribution in [1.82, 2.24) is 5.32 Å². The van der Waals surface area contributed by atoms with Gasteiger partial charge in [0.1, 0.15) is 5.92 Å². The molecular weight excluding hydrogens is 550 g/mol. The van der Waals surface area contributed by atoms with Gasteiger partial charge < -0.3 is 20.1 Å². The zero-order chi connectivity index (χ0) is 24.7. The van der Waals surface area contributed by atoms with Crippen LogP contribution >= 0.6 is 39.7 Å². The molecule has 5 rings (SSSR count). The van der Waals surface area contributed by atoms with Gasteiger partial charge in [0.05, 0.1) is 12.6 Å². The fourth-order valence-electron chi connectivity index (χ4n) is 4.77. The molecule has 9 heteroatoms. The maximum Gasteiger partial charge on any atom is 0.236 e. The minimum Gasteiger partial charge on any atom is -0.490 e. The van der Waals surface area contributed by atoms with Crippen LogP contribution in [0.2, 0.25) is 5.02 Å². The Morgan fingerprint density at radius 1 is 1.20 bits per heavy atom. The second kappa shape index (κ2) is 9.33. The van der Waals surface area contributed by atoms with Crippen molar-refractivity contribution in [3.63, 3.8) is 0 Å². The van der Waals surface area contributed by atoms with Gasteiger partial charge in [0.15, 0.2) is 22.3 Å². The Kier molecular flexibility index (Phi) is 6.38. The minimum atomic E-state index is -1.14. The molecule has 3 atom stereocenters. The molecule has 2 N–H and O–H groups in total. The molecule has 0 radical (unpaired) electrons. The summed E-state index contributed by atoms with van der Waals surface area (Å²) in [5, 5.41) is 7.52. The highest BCUT2D eigenvalue weighted by Gasteiger charge is 2.59. The number of nitrogens with one attached hydrogen (secondary N) is 2. The first-order valence-corrected chi connectivity index (χ1v) is 12.8. The Labute approximate surface area is 222 Å². The van der Waals surface area contributed by atoms with Crippen molar-refractivity contribution in [3.8, 4) is 11.5 Å². The molecule has 3 aromatic carbocycles. The molecule has 0 aromatic heterocycles. The van der Waals surface area contributed by atoms with E-state index in [1.807, 2.05) is 61.2 Å². The number of carbonyl (C=O) groups excluding carboxylic acids is 1. The Morgan fingerprint density at radius 3 is 2.60 bits per heavy atom. The van der Waals surface area contributed by atoms with Crippen LogP contribution in [0.15, 0.2) is 71.2 Å². The Morgan fingerprint density at radius 2 is 1.91 bits per heavy atom. The Hall–Kier alpha value is -2.81. The number of carbonyl (C=O) groups is 1. The minimum absolute atomic E-state index is 0.204. The van der Waals surface area contributed by atoms with Gasteiger partial charge in [-0.05, 0) is 80.7 Å². The van der Waals surface area contributed by atoms with Crippen molar-refractivity contribution in [1.29, 1.82) is 0 Å². The summed E-state index contributed by atoms with van der Waals surface area (Å²) in [6.45, 7) is 4.31. The quantitative estimate of drug-likeness (QED) is 0.350. The Bertz CT molecular complexity index is 1290. The number of thiocarbonyl (C=S) groups is 1. The number of benzene rings is 3. The van der Waals surface area contributed by atoms with E-state index in [9.17, 15) is 4.79 Å². The van der Waals surface area contributed by atoms with E-state index in [4.69, 9.17) is 33.3 Å². The van der Waals surface area contributed by atoms with E-state index in [1.54, 1.807) is 24.3 Å². The number of nitrogens with zero attached hydrogens (tertiary/aromatic N) is 1. The highest BCUT2D eigenvalue weighted by atomic mass is 79.9. The highest BCUT2D eigenvalue weighted by molar-refractivity contribution is 9.10. The second-order valence-corrected chi connectivity index (χ2v) is 10.2. The lowest BCUT2D eigenvalue weighted by Crippen LogP contribution is -2.72. The summed E-state index contributed by atoms with van der Waals surface area (Å²) in [5.74, 6) is 0.375. The van der Waals surface area contributed by atoms with Crippen LogP contribution < -0.4 is 25.0 Å². The predicted molar refractivity (Wildman–Crippen MR) is 145 cm³/mol. The van der Waals surface area contributed by atoms with Gasteiger partial charge in [0.25, 0.3) is 0 Å². The molecular formula is C26H23BrClN3O3S.